The minimum Gasteiger partial charge on any atom is -0.356 e. The first kappa shape index (κ1) is 30.0. The van der Waals surface area contributed by atoms with Crippen LogP contribution < -0.4 is 16.0 Å². The summed E-state index contributed by atoms with van der Waals surface area (Å²) in [5, 5.41) is 8.98. The average Bonchev–Trinajstić information content (AvgIpc) is 3.01. The molecule has 3 aromatic carbocycles. The number of rotatable bonds is 9. The lowest BCUT2D eigenvalue weighted by atomic mass is 10.1. The fourth-order valence-corrected chi connectivity index (χ4v) is 6.44. The van der Waals surface area contributed by atoms with Crippen LogP contribution in [0.1, 0.15) is 35.1 Å². The van der Waals surface area contributed by atoms with Crippen molar-refractivity contribution in [2.45, 2.75) is 29.2 Å². The van der Waals surface area contributed by atoms with Crippen LogP contribution in [0.15, 0.2) is 96.7 Å². The number of alkyl halides is 3. The van der Waals surface area contributed by atoms with Crippen LogP contribution in [0.4, 0.5) is 30.5 Å². The van der Waals surface area contributed by atoms with E-state index in [9.17, 15) is 21.6 Å². The van der Waals surface area contributed by atoms with Crippen molar-refractivity contribution in [3.05, 3.63) is 114 Å². The number of hydrogen-bond donors (Lipinski definition) is 3. The van der Waals surface area contributed by atoms with E-state index < -0.39 is 21.6 Å². The van der Waals surface area contributed by atoms with Gasteiger partial charge in [-0.15, -0.1) is 0 Å². The first-order valence-corrected chi connectivity index (χ1v) is 15.2. The molecule has 3 N–H and O–H groups in total. The molecule has 5 rings (SSSR count). The number of anilines is 3. The van der Waals surface area contributed by atoms with E-state index in [2.05, 4.69) is 32.5 Å². The molecule has 2 heterocycles. The molecule has 0 radical (unpaired) electrons. The van der Waals surface area contributed by atoms with Crippen molar-refractivity contribution in [1.29, 1.82) is 0 Å². The second-order valence-electron chi connectivity index (χ2n) is 10.1. The number of piperidine rings is 1. The number of hydrogen-bond acceptors (Lipinski definition) is 7. The maximum atomic E-state index is 13.1. The van der Waals surface area contributed by atoms with Crippen LogP contribution in [0.2, 0.25) is 0 Å². The van der Waals surface area contributed by atoms with Gasteiger partial charge in [0.05, 0.1) is 15.7 Å². The molecule has 1 saturated heterocycles. The number of benzene rings is 3. The maximum absolute atomic E-state index is 13.1. The molecular formula is C32H30F3N5O2S. The fourth-order valence-electron chi connectivity index (χ4n) is 4.69. The normalized spacial score (nSPS) is 14.5. The Morgan fingerprint density at radius 2 is 1.56 bits per heavy atom. The third-order valence-corrected chi connectivity index (χ3v) is 9.30. The molecule has 0 saturated carbocycles. The highest BCUT2D eigenvalue weighted by Gasteiger charge is 2.30. The highest BCUT2D eigenvalue weighted by Crippen LogP contribution is 2.31. The highest BCUT2D eigenvalue weighted by molar-refractivity contribution is 7.92. The van der Waals surface area contributed by atoms with Gasteiger partial charge in [0.25, 0.3) is 0 Å². The monoisotopic (exact) mass is 605 g/mol. The van der Waals surface area contributed by atoms with E-state index >= 15 is 0 Å². The van der Waals surface area contributed by atoms with Gasteiger partial charge in [-0.3, -0.25) is 0 Å². The van der Waals surface area contributed by atoms with Gasteiger partial charge in [0.2, 0.25) is 5.95 Å². The van der Waals surface area contributed by atoms with Crippen molar-refractivity contribution in [3.63, 3.8) is 0 Å². The predicted octanol–water partition coefficient (Wildman–Crippen LogP) is 7.02. The largest absolute Gasteiger partial charge is 0.416 e. The summed E-state index contributed by atoms with van der Waals surface area (Å²) in [7, 11) is -3.37. The fraction of sp³-hybridized carbons (Fsp3) is 0.188. The lowest BCUT2D eigenvalue weighted by molar-refractivity contribution is -0.137. The first-order chi connectivity index (χ1) is 20.6. The zero-order valence-electron chi connectivity index (χ0n) is 23.1. The molecule has 7 nitrogen and oxygen atoms in total. The van der Waals surface area contributed by atoms with Crippen molar-refractivity contribution < 1.29 is 21.6 Å². The summed E-state index contributed by atoms with van der Waals surface area (Å²) in [5.41, 5.74) is 2.91. The van der Waals surface area contributed by atoms with Crippen molar-refractivity contribution >= 4 is 45.0 Å². The molecule has 0 bridgehead atoms. The standard InChI is InChI=1S/C32H30F3N5O2S/c1-22(25-5-3-6-26(19-25)32(33,34)35)39-28-7-2-4-23(18-28)8-9-24-20-37-31(38-21-24)40-27-10-12-29(13-11-27)43(41,42)30-14-16-36-17-15-30/h2-13,18-21,30,36,39H,1,14-17H2,(H,37,38,40)/b9-8+. The van der Waals surface area contributed by atoms with Gasteiger partial charge in [-0.25, -0.2) is 18.4 Å². The molecule has 43 heavy (non-hydrogen) atoms. The van der Waals surface area contributed by atoms with Crippen LogP contribution in [0, 0.1) is 0 Å². The molecule has 11 heteroatoms. The number of nitrogens with one attached hydrogen (secondary N) is 3. The quantitative estimate of drug-likeness (QED) is 0.189. The Labute approximate surface area is 248 Å². The Balaban J connectivity index is 1.19. The number of aromatic nitrogens is 2. The summed E-state index contributed by atoms with van der Waals surface area (Å²) < 4.78 is 65.0. The molecule has 0 atom stereocenters. The van der Waals surface area contributed by atoms with Crippen molar-refractivity contribution in [1.82, 2.24) is 15.3 Å². The van der Waals surface area contributed by atoms with Gasteiger partial charge in [0.1, 0.15) is 0 Å². The molecule has 1 fully saturated rings. The number of nitrogens with zero attached hydrogens (tertiary/aromatic N) is 2. The summed E-state index contributed by atoms with van der Waals surface area (Å²) in [6.45, 7) is 5.30. The van der Waals surface area contributed by atoms with Crippen LogP contribution in [0.3, 0.4) is 0 Å². The summed E-state index contributed by atoms with van der Waals surface area (Å²) in [4.78, 5) is 9.00. The van der Waals surface area contributed by atoms with E-state index in [0.717, 1.165) is 23.3 Å². The van der Waals surface area contributed by atoms with Gasteiger partial charge in [-0.2, -0.15) is 13.2 Å². The highest BCUT2D eigenvalue weighted by atomic mass is 32.2. The molecule has 1 aliphatic rings. The molecule has 222 valence electrons. The zero-order chi connectivity index (χ0) is 30.5. The van der Waals surface area contributed by atoms with E-state index in [-0.39, 0.29) is 5.25 Å². The molecule has 0 aliphatic carbocycles. The van der Waals surface area contributed by atoms with E-state index in [1.807, 2.05) is 30.4 Å². The lowest BCUT2D eigenvalue weighted by Gasteiger charge is -2.22. The van der Waals surface area contributed by atoms with Gasteiger partial charge in [-0.05, 0) is 85.6 Å². The van der Waals surface area contributed by atoms with E-state index in [4.69, 9.17) is 0 Å². The number of sulfone groups is 1. The summed E-state index contributed by atoms with van der Waals surface area (Å²) in [5.74, 6) is 0.366. The third-order valence-electron chi connectivity index (χ3n) is 7.02. The summed E-state index contributed by atoms with van der Waals surface area (Å²) in [6, 6.07) is 19.0. The Kier molecular flexibility index (Phi) is 8.93. The summed E-state index contributed by atoms with van der Waals surface area (Å²) >= 11 is 0. The van der Waals surface area contributed by atoms with Crippen LogP contribution >= 0.6 is 0 Å². The Morgan fingerprint density at radius 1 is 0.884 bits per heavy atom. The van der Waals surface area contributed by atoms with E-state index in [1.165, 1.54) is 6.07 Å². The van der Waals surface area contributed by atoms with Crippen molar-refractivity contribution in [2.24, 2.45) is 0 Å². The Hall–Kier alpha value is -4.48. The van der Waals surface area contributed by atoms with Crippen LogP contribution in [-0.4, -0.2) is 36.7 Å². The van der Waals surface area contributed by atoms with Crippen LogP contribution in [0.25, 0.3) is 17.8 Å². The average molecular weight is 606 g/mol. The maximum Gasteiger partial charge on any atom is 0.416 e. The Bertz CT molecular complexity index is 1720. The topological polar surface area (TPSA) is 96.0 Å². The van der Waals surface area contributed by atoms with Crippen LogP contribution in [0.5, 0.6) is 0 Å². The molecule has 0 unspecified atom stereocenters. The van der Waals surface area contributed by atoms with Gasteiger partial charge in [-0.1, -0.05) is 43.0 Å². The van der Waals surface area contributed by atoms with Gasteiger partial charge in [0.15, 0.2) is 9.84 Å². The van der Waals surface area contributed by atoms with Crippen molar-refractivity contribution in [3.8, 4) is 0 Å². The first-order valence-electron chi connectivity index (χ1n) is 13.6. The molecule has 1 aromatic heterocycles. The predicted molar refractivity (Wildman–Crippen MR) is 164 cm³/mol. The smallest absolute Gasteiger partial charge is 0.356 e. The van der Waals surface area contributed by atoms with Gasteiger partial charge >= 0.3 is 6.18 Å². The SMILES string of the molecule is C=C(Nc1cccc(/C=C/c2cnc(Nc3ccc(S(=O)(=O)C4CCNCC4)cc3)nc2)c1)c1cccc(C(F)(F)F)c1. The minimum absolute atomic E-state index is 0.311. The van der Waals surface area contributed by atoms with Crippen LogP contribution in [-0.2, 0) is 16.0 Å². The lowest BCUT2D eigenvalue weighted by Crippen LogP contribution is -2.35. The second-order valence-corrected chi connectivity index (χ2v) is 12.4. The van der Waals surface area contributed by atoms with E-state index in [0.29, 0.717) is 59.4 Å². The minimum atomic E-state index is -4.43. The third kappa shape index (κ3) is 7.68. The second kappa shape index (κ2) is 12.8. The molecule has 0 spiro atoms. The van der Waals surface area contributed by atoms with Crippen molar-refractivity contribution in [2.75, 3.05) is 23.7 Å². The van der Waals surface area contributed by atoms with E-state index in [1.54, 1.807) is 48.8 Å². The molecule has 1 aliphatic heterocycles. The molecular weight excluding hydrogens is 575 g/mol. The van der Waals surface area contributed by atoms with Gasteiger partial charge < -0.3 is 16.0 Å². The Morgan fingerprint density at radius 3 is 2.26 bits per heavy atom. The summed E-state index contributed by atoms with van der Waals surface area (Å²) in [6.07, 6.45) is 3.80. The zero-order valence-corrected chi connectivity index (χ0v) is 23.9. The number of halogens is 3. The molecule has 0 amide bonds. The molecule has 4 aromatic rings. The van der Waals surface area contributed by atoms with Gasteiger partial charge in [0, 0.05) is 35.0 Å².